The molecule has 2 unspecified atom stereocenters. The highest BCUT2D eigenvalue weighted by Crippen LogP contribution is 2.52. The number of aliphatic hydroxyl groups excluding tert-OH is 2. The van der Waals surface area contributed by atoms with E-state index >= 15 is 0 Å². The van der Waals surface area contributed by atoms with Crippen LogP contribution in [0.4, 0.5) is 0 Å². The van der Waals surface area contributed by atoms with Gasteiger partial charge < -0.3 is 31.1 Å². The van der Waals surface area contributed by atoms with E-state index in [1.54, 1.807) is 14.1 Å². The number of ketones is 2. The molecule has 10 nitrogen and oxygen atoms in total. The maximum absolute atomic E-state index is 13.6. The molecule has 1 aromatic rings. The summed E-state index contributed by atoms with van der Waals surface area (Å²) in [6.07, 6.45) is -1.42. The number of aromatic hydroxyl groups is 1. The molecule has 2 saturated carbocycles. The van der Waals surface area contributed by atoms with Crippen molar-refractivity contribution >= 4 is 23.2 Å². The van der Waals surface area contributed by atoms with Gasteiger partial charge in [0.25, 0.3) is 0 Å². The van der Waals surface area contributed by atoms with E-state index in [4.69, 9.17) is 5.73 Å². The van der Waals surface area contributed by atoms with Gasteiger partial charge in [0.1, 0.15) is 17.4 Å². The van der Waals surface area contributed by atoms with Gasteiger partial charge in [-0.1, -0.05) is 0 Å². The van der Waals surface area contributed by atoms with Crippen molar-refractivity contribution in [2.24, 2.45) is 23.5 Å². The fourth-order valence-corrected chi connectivity index (χ4v) is 5.71. The Morgan fingerprint density at radius 3 is 2.50 bits per heavy atom. The Bertz CT molecular complexity index is 1140. The molecule has 3 aliphatic carbocycles. The number of hydrogen-bond acceptors (Lipinski definition) is 9. The molecule has 0 spiro atoms. The van der Waals surface area contributed by atoms with Gasteiger partial charge in [-0.25, -0.2) is 0 Å². The van der Waals surface area contributed by atoms with Gasteiger partial charge in [-0.15, -0.1) is 0 Å². The van der Waals surface area contributed by atoms with E-state index in [1.807, 2.05) is 6.07 Å². The number of aliphatic hydroxyl groups is 3. The summed E-state index contributed by atoms with van der Waals surface area (Å²) in [6, 6.07) is 3.66. The number of rotatable bonds is 2. The molecule has 0 aromatic heterocycles. The van der Waals surface area contributed by atoms with Crippen LogP contribution in [0.2, 0.25) is 0 Å². The summed E-state index contributed by atoms with van der Waals surface area (Å²) in [5.41, 5.74) is 2.88. The van der Waals surface area contributed by atoms with Crippen molar-refractivity contribution in [3.8, 4) is 11.8 Å². The lowest BCUT2D eigenvalue weighted by atomic mass is 9.54. The molecule has 0 radical (unpaired) electrons. The zero-order valence-corrected chi connectivity index (χ0v) is 17.4. The van der Waals surface area contributed by atoms with Gasteiger partial charge in [0.15, 0.2) is 11.4 Å². The molecular formula is C22H23N3O7. The van der Waals surface area contributed by atoms with Crippen molar-refractivity contribution in [2.75, 3.05) is 14.1 Å². The molecule has 2 fully saturated rings. The quantitative estimate of drug-likeness (QED) is 0.359. The van der Waals surface area contributed by atoms with Crippen LogP contribution in [0, 0.1) is 29.1 Å². The van der Waals surface area contributed by atoms with E-state index in [1.165, 1.54) is 17.0 Å². The molecule has 1 amide bonds. The van der Waals surface area contributed by atoms with Crippen LogP contribution in [0.25, 0.3) is 5.76 Å². The van der Waals surface area contributed by atoms with Crippen molar-refractivity contribution in [2.45, 2.75) is 30.6 Å². The minimum Gasteiger partial charge on any atom is -0.507 e. The van der Waals surface area contributed by atoms with E-state index in [-0.39, 0.29) is 35.3 Å². The first-order valence-electron chi connectivity index (χ1n) is 10.1. The normalized spacial score (nSPS) is 33.9. The molecule has 32 heavy (non-hydrogen) atoms. The smallest absolute Gasteiger partial charge is 0.230 e. The number of benzene rings is 1. The molecule has 6 atom stereocenters. The molecule has 0 heterocycles. The lowest BCUT2D eigenvalue weighted by Gasteiger charge is -2.53. The van der Waals surface area contributed by atoms with Gasteiger partial charge in [0, 0.05) is 17.5 Å². The number of phenols is 1. The first-order valence-corrected chi connectivity index (χ1v) is 10.1. The number of likely N-dealkylation sites (N-methyl/N-ethyl adjacent to an activating group) is 1. The summed E-state index contributed by atoms with van der Waals surface area (Å²) in [7, 11) is 3.16. The number of carbonyl (C=O) groups excluding carboxylic acids is 3. The second kappa shape index (κ2) is 7.13. The minimum absolute atomic E-state index is 0.0126. The average Bonchev–Trinajstić information content (AvgIpc) is 2.70. The van der Waals surface area contributed by atoms with E-state index in [0.29, 0.717) is 5.56 Å². The maximum atomic E-state index is 13.6. The number of hydrogen-bond donors (Lipinski definition) is 5. The number of carbonyl (C=O) groups is 3. The van der Waals surface area contributed by atoms with Gasteiger partial charge in [-0.05, 0) is 50.6 Å². The Kier molecular flexibility index (Phi) is 4.89. The lowest BCUT2D eigenvalue weighted by molar-refractivity contribution is -0.184. The molecular weight excluding hydrogens is 418 g/mol. The molecule has 0 saturated heterocycles. The predicted molar refractivity (Wildman–Crippen MR) is 109 cm³/mol. The summed E-state index contributed by atoms with van der Waals surface area (Å²) < 4.78 is 0. The third kappa shape index (κ3) is 2.65. The van der Waals surface area contributed by atoms with Crippen LogP contribution >= 0.6 is 0 Å². The number of nitrogens with zero attached hydrogens (tertiary/aromatic N) is 2. The van der Waals surface area contributed by atoms with E-state index in [9.17, 15) is 40.1 Å². The number of Topliss-reactive ketones (excluding diaryl/α,β-unsaturated/α-hetero) is 2. The number of amides is 1. The summed E-state index contributed by atoms with van der Waals surface area (Å²) in [6.45, 7) is 0. The number of nitrogens with two attached hydrogens (primary N) is 1. The van der Waals surface area contributed by atoms with Gasteiger partial charge in [-0.2, -0.15) is 5.26 Å². The largest absolute Gasteiger partial charge is 0.507 e. The van der Waals surface area contributed by atoms with Crippen LogP contribution in [0.5, 0.6) is 5.75 Å². The molecule has 4 rings (SSSR count). The fraction of sp³-hybridized carbons (Fsp3) is 0.455. The third-order valence-electron chi connectivity index (χ3n) is 7.09. The second-order valence-electron chi connectivity index (χ2n) is 8.89. The van der Waals surface area contributed by atoms with Crippen LogP contribution in [-0.4, -0.2) is 74.6 Å². The van der Waals surface area contributed by atoms with Gasteiger partial charge in [0.2, 0.25) is 11.7 Å². The maximum Gasteiger partial charge on any atom is 0.230 e. The Balaban J connectivity index is 1.95. The van der Waals surface area contributed by atoms with Crippen LogP contribution in [-0.2, 0) is 20.8 Å². The first-order chi connectivity index (χ1) is 15.0. The average molecular weight is 441 g/mol. The van der Waals surface area contributed by atoms with Crippen molar-refractivity contribution < 1.29 is 34.8 Å². The van der Waals surface area contributed by atoms with Crippen LogP contribution < -0.4 is 5.73 Å². The molecule has 10 heteroatoms. The summed E-state index contributed by atoms with van der Waals surface area (Å²) >= 11 is 0. The monoisotopic (exact) mass is 441 g/mol. The summed E-state index contributed by atoms with van der Waals surface area (Å²) in [5.74, 6) is -7.99. The van der Waals surface area contributed by atoms with E-state index in [0.717, 1.165) is 0 Å². The number of nitriles is 1. The van der Waals surface area contributed by atoms with Crippen molar-refractivity contribution in [1.82, 2.24) is 4.90 Å². The Morgan fingerprint density at radius 1 is 1.28 bits per heavy atom. The standard InChI is InChI=1S/C22H23N3O7/c1-25(2)16-11-6-9-5-10-8(7-23)3-4-12(26)14(10)17(27)13(9)19(29)22(11,32)20(30)15(18(16)28)21(24)31/h3-4,9,11,15-16,18,26-28,32H,5-6H2,1-2H3,(H2,24,31)/t9-,11-,15?,16-,18?,22-/m1/s1. The van der Waals surface area contributed by atoms with Crippen LogP contribution in [0.3, 0.4) is 0 Å². The summed E-state index contributed by atoms with van der Waals surface area (Å²) in [5, 5.41) is 52.9. The van der Waals surface area contributed by atoms with Crippen molar-refractivity contribution in [3.05, 3.63) is 34.4 Å². The Labute approximate surface area is 183 Å². The van der Waals surface area contributed by atoms with E-state index < -0.39 is 58.7 Å². The number of fused-ring (bicyclic) bond motifs is 3. The number of phenolic OH excluding ortho intramolecular Hbond substituents is 1. The third-order valence-corrected chi connectivity index (χ3v) is 7.09. The Morgan fingerprint density at radius 2 is 1.94 bits per heavy atom. The Hall–Kier alpha value is -3.26. The summed E-state index contributed by atoms with van der Waals surface area (Å²) in [4.78, 5) is 40.2. The topological polar surface area (TPSA) is 185 Å². The molecule has 6 N–H and O–H groups in total. The van der Waals surface area contributed by atoms with Gasteiger partial charge in [0.05, 0.1) is 23.3 Å². The first kappa shape index (κ1) is 22.0. The zero-order chi connectivity index (χ0) is 23.7. The highest BCUT2D eigenvalue weighted by Gasteiger charge is 2.67. The molecule has 0 bridgehead atoms. The highest BCUT2D eigenvalue weighted by atomic mass is 16.3. The van der Waals surface area contributed by atoms with E-state index in [2.05, 4.69) is 0 Å². The minimum atomic E-state index is -2.69. The van der Waals surface area contributed by atoms with Crippen molar-refractivity contribution in [3.63, 3.8) is 0 Å². The highest BCUT2D eigenvalue weighted by molar-refractivity contribution is 6.25. The molecule has 1 aromatic carbocycles. The van der Waals surface area contributed by atoms with Gasteiger partial charge in [-0.3, -0.25) is 14.4 Å². The van der Waals surface area contributed by atoms with Crippen LogP contribution in [0.1, 0.15) is 23.1 Å². The zero-order valence-electron chi connectivity index (χ0n) is 17.4. The molecule has 168 valence electrons. The van der Waals surface area contributed by atoms with Crippen LogP contribution in [0.15, 0.2) is 17.7 Å². The lowest BCUT2D eigenvalue weighted by Crippen LogP contribution is -2.73. The molecule has 0 aliphatic heterocycles. The predicted octanol–water partition coefficient (Wildman–Crippen LogP) is -0.999. The fourth-order valence-electron chi connectivity index (χ4n) is 5.71. The number of primary amides is 1. The van der Waals surface area contributed by atoms with Gasteiger partial charge >= 0.3 is 0 Å². The second-order valence-corrected chi connectivity index (χ2v) is 8.89. The molecule has 3 aliphatic rings. The SMILES string of the molecule is CN(C)[C@H]1C(O)C(C(N)=O)C(=O)[C@]2(O)C(=O)C3=C(O)c4c(O)ccc(C#N)c4C[C@@H]3C[C@H]12. The van der Waals surface area contributed by atoms with Crippen molar-refractivity contribution in [1.29, 1.82) is 5.26 Å².